The van der Waals surface area contributed by atoms with E-state index in [0.29, 0.717) is 0 Å². The van der Waals surface area contributed by atoms with Crippen LogP contribution in [-0.4, -0.2) is 7.11 Å². The number of hydrogen-bond acceptors (Lipinski definition) is 2. The van der Waals surface area contributed by atoms with Crippen molar-refractivity contribution in [3.05, 3.63) is 23.5 Å². The van der Waals surface area contributed by atoms with E-state index in [1.54, 1.807) is 0 Å². The number of methoxy groups -OCH3 is 1. The third-order valence-electron chi connectivity index (χ3n) is 1.72. The van der Waals surface area contributed by atoms with E-state index >= 15 is 0 Å². The summed E-state index contributed by atoms with van der Waals surface area (Å²) in [5, 5.41) is -1.13. The van der Waals surface area contributed by atoms with Gasteiger partial charge in [0.1, 0.15) is 5.69 Å². The van der Waals surface area contributed by atoms with Crippen molar-refractivity contribution in [3.8, 4) is 5.75 Å². The molecule has 0 saturated carbocycles. The summed E-state index contributed by atoms with van der Waals surface area (Å²) in [5.41, 5.74) is -0.595. The molecule has 0 saturated heterocycles. The molecule has 0 amide bonds. The second-order valence-corrected chi connectivity index (χ2v) is 2.46. The van der Waals surface area contributed by atoms with Gasteiger partial charge in [-0.3, -0.25) is 0 Å². The molecule has 1 rings (SSSR count). The van der Waals surface area contributed by atoms with E-state index in [2.05, 4.69) is 4.74 Å². The maximum atomic E-state index is 13.1. The zero-order valence-electron chi connectivity index (χ0n) is 7.14. The predicted octanol–water partition coefficient (Wildman–Crippen LogP) is 2.72. The SMILES string of the molecule is COc1ccc(N(F)F)c(C)c1F. The zero-order chi connectivity index (χ0) is 10.0. The number of rotatable bonds is 2. The van der Waals surface area contributed by atoms with Crippen molar-refractivity contribution < 1.29 is 18.1 Å². The summed E-state index contributed by atoms with van der Waals surface area (Å²) < 4.78 is 41.9. The van der Waals surface area contributed by atoms with Gasteiger partial charge in [-0.25, -0.2) is 4.39 Å². The predicted molar refractivity (Wildman–Crippen MR) is 42.4 cm³/mol. The lowest BCUT2D eigenvalue weighted by Crippen LogP contribution is -2.01. The molecule has 0 N–H and O–H groups in total. The number of nitrogens with zero attached hydrogens (tertiary/aromatic N) is 1. The molecule has 2 nitrogen and oxygen atoms in total. The zero-order valence-corrected chi connectivity index (χ0v) is 7.14. The lowest BCUT2D eigenvalue weighted by atomic mass is 10.2. The van der Waals surface area contributed by atoms with Crippen molar-refractivity contribution in [2.45, 2.75) is 6.92 Å². The summed E-state index contributed by atoms with van der Waals surface area (Å²) >= 11 is 0. The minimum absolute atomic E-state index is 0.0388. The molecule has 1 aromatic rings. The monoisotopic (exact) mass is 191 g/mol. The first-order valence-electron chi connectivity index (χ1n) is 3.52. The molecule has 0 aromatic heterocycles. The minimum Gasteiger partial charge on any atom is -0.494 e. The smallest absolute Gasteiger partial charge is 0.170 e. The first kappa shape index (κ1) is 9.70. The molecule has 0 spiro atoms. The van der Waals surface area contributed by atoms with E-state index in [-0.39, 0.29) is 11.3 Å². The van der Waals surface area contributed by atoms with Gasteiger partial charge in [-0.05, 0) is 24.4 Å². The average molecular weight is 191 g/mol. The van der Waals surface area contributed by atoms with Crippen LogP contribution in [0.15, 0.2) is 12.1 Å². The van der Waals surface area contributed by atoms with Crippen LogP contribution < -0.4 is 10.1 Å². The summed E-state index contributed by atoms with van der Waals surface area (Å²) in [6, 6.07) is 2.25. The lowest BCUT2D eigenvalue weighted by Gasteiger charge is -2.09. The fraction of sp³-hybridized carbons (Fsp3) is 0.250. The Kier molecular flexibility index (Phi) is 2.65. The Labute approximate surface area is 73.4 Å². The van der Waals surface area contributed by atoms with Crippen molar-refractivity contribution in [1.82, 2.24) is 0 Å². The van der Waals surface area contributed by atoms with Crippen molar-refractivity contribution in [2.75, 3.05) is 12.5 Å². The molecule has 0 aliphatic rings. The fourth-order valence-corrected chi connectivity index (χ4v) is 0.991. The van der Waals surface area contributed by atoms with Gasteiger partial charge in [0.15, 0.2) is 11.6 Å². The van der Waals surface area contributed by atoms with E-state index in [4.69, 9.17) is 0 Å². The number of hydrogen-bond donors (Lipinski definition) is 0. The van der Waals surface area contributed by atoms with Gasteiger partial charge in [-0.2, -0.15) is 0 Å². The Morgan fingerprint density at radius 2 is 1.92 bits per heavy atom. The molecule has 0 aliphatic heterocycles. The average Bonchev–Trinajstić information content (AvgIpc) is 2.09. The van der Waals surface area contributed by atoms with E-state index < -0.39 is 16.8 Å². The molecule has 0 bridgehead atoms. The second kappa shape index (κ2) is 3.55. The highest BCUT2D eigenvalue weighted by Gasteiger charge is 2.14. The third-order valence-corrected chi connectivity index (χ3v) is 1.72. The molecule has 0 aliphatic carbocycles. The molecule has 72 valence electrons. The second-order valence-electron chi connectivity index (χ2n) is 2.46. The molecule has 1 aromatic carbocycles. The van der Waals surface area contributed by atoms with Gasteiger partial charge in [0.05, 0.1) is 7.11 Å². The maximum absolute atomic E-state index is 13.1. The topological polar surface area (TPSA) is 12.5 Å². The highest BCUT2D eigenvalue weighted by atomic mass is 19.4. The molecule has 0 heterocycles. The van der Waals surface area contributed by atoms with Gasteiger partial charge in [0.25, 0.3) is 0 Å². The van der Waals surface area contributed by atoms with Crippen LogP contribution in [-0.2, 0) is 0 Å². The molecule has 0 atom stereocenters. The Morgan fingerprint density at radius 1 is 1.31 bits per heavy atom. The molecular formula is C8H8F3NO. The quantitative estimate of drug-likeness (QED) is 0.666. The highest BCUT2D eigenvalue weighted by Crippen LogP contribution is 2.29. The van der Waals surface area contributed by atoms with E-state index in [0.717, 1.165) is 12.1 Å². The largest absolute Gasteiger partial charge is 0.494 e. The summed E-state index contributed by atoms with van der Waals surface area (Å²) in [5.74, 6) is -0.802. The Hall–Kier alpha value is -1.39. The van der Waals surface area contributed by atoms with Crippen LogP contribution in [0.1, 0.15) is 5.56 Å². The van der Waals surface area contributed by atoms with Crippen LogP contribution in [0.2, 0.25) is 0 Å². The Balaban J connectivity index is 3.23. The van der Waals surface area contributed by atoms with Crippen molar-refractivity contribution in [3.63, 3.8) is 0 Å². The lowest BCUT2D eigenvalue weighted by molar-refractivity contribution is 0.233. The summed E-state index contributed by atoms with van der Waals surface area (Å²) in [6.45, 7) is 1.26. The Bertz CT molecular complexity index is 315. The molecule has 5 heteroatoms. The highest BCUT2D eigenvalue weighted by molar-refractivity contribution is 5.53. The molecule has 13 heavy (non-hydrogen) atoms. The normalized spacial score (nSPS) is 9.92. The Morgan fingerprint density at radius 3 is 2.38 bits per heavy atom. The third kappa shape index (κ3) is 1.68. The van der Waals surface area contributed by atoms with Gasteiger partial charge in [-0.1, -0.05) is 8.96 Å². The number of ether oxygens (including phenoxy) is 1. The van der Waals surface area contributed by atoms with Gasteiger partial charge >= 0.3 is 0 Å². The summed E-state index contributed by atoms with van der Waals surface area (Å²) in [7, 11) is 1.28. The van der Waals surface area contributed by atoms with Gasteiger partial charge in [-0.15, -0.1) is 0 Å². The van der Waals surface area contributed by atoms with E-state index in [9.17, 15) is 13.4 Å². The fourth-order valence-electron chi connectivity index (χ4n) is 0.991. The van der Waals surface area contributed by atoms with Crippen LogP contribution in [0.5, 0.6) is 5.75 Å². The van der Waals surface area contributed by atoms with Crippen LogP contribution in [0.3, 0.4) is 0 Å². The first-order valence-corrected chi connectivity index (χ1v) is 3.52. The van der Waals surface area contributed by atoms with Gasteiger partial charge in [0.2, 0.25) is 0 Å². The standard InChI is InChI=1S/C8H8F3NO/c1-5-6(12(10)11)3-4-7(13-2)8(5)9/h3-4H,1-2H3. The first-order chi connectivity index (χ1) is 6.07. The van der Waals surface area contributed by atoms with Gasteiger partial charge in [0, 0.05) is 5.56 Å². The summed E-state index contributed by atoms with van der Waals surface area (Å²) in [6.07, 6.45) is 0. The van der Waals surface area contributed by atoms with Crippen molar-refractivity contribution >= 4 is 5.69 Å². The van der Waals surface area contributed by atoms with Crippen LogP contribution in [0, 0.1) is 12.7 Å². The van der Waals surface area contributed by atoms with Crippen molar-refractivity contribution in [1.29, 1.82) is 0 Å². The van der Waals surface area contributed by atoms with E-state index in [1.165, 1.54) is 14.0 Å². The number of benzene rings is 1. The summed E-state index contributed by atoms with van der Waals surface area (Å²) in [4.78, 5) is 0. The minimum atomic E-state index is -1.13. The molecule has 0 unspecified atom stereocenters. The van der Waals surface area contributed by atoms with Gasteiger partial charge < -0.3 is 4.74 Å². The molecule has 0 fully saturated rings. The van der Waals surface area contributed by atoms with E-state index in [1.807, 2.05) is 0 Å². The van der Waals surface area contributed by atoms with Crippen LogP contribution in [0.25, 0.3) is 0 Å². The molecule has 0 radical (unpaired) electrons. The van der Waals surface area contributed by atoms with Crippen LogP contribution >= 0.6 is 0 Å². The van der Waals surface area contributed by atoms with Crippen LogP contribution in [0.4, 0.5) is 19.0 Å². The van der Waals surface area contributed by atoms with Crippen molar-refractivity contribution in [2.24, 2.45) is 0 Å². The number of anilines is 1. The number of halogens is 3. The molecular weight excluding hydrogens is 183 g/mol. The maximum Gasteiger partial charge on any atom is 0.170 e.